The molecule has 0 radical (unpaired) electrons. The highest BCUT2D eigenvalue weighted by atomic mass is 16.3. The number of rotatable bonds is 7. The quantitative estimate of drug-likeness (QED) is 0.732. The molecule has 0 saturated carbocycles. The molecular weight excluding hydrogens is 224 g/mol. The summed E-state index contributed by atoms with van der Waals surface area (Å²) in [6, 6.07) is 0.563. The van der Waals surface area contributed by atoms with Crippen molar-refractivity contribution in [3.63, 3.8) is 0 Å². The van der Waals surface area contributed by atoms with Crippen LogP contribution in [0.1, 0.15) is 47.0 Å². The highest BCUT2D eigenvalue weighted by Gasteiger charge is 2.26. The molecule has 2 N–H and O–H groups in total. The Kier molecular flexibility index (Phi) is 6.61. The van der Waals surface area contributed by atoms with Crippen molar-refractivity contribution in [3.8, 4) is 0 Å². The molecule has 0 aliphatic carbocycles. The van der Waals surface area contributed by atoms with E-state index in [1.54, 1.807) is 0 Å². The van der Waals surface area contributed by atoms with Crippen LogP contribution in [0.25, 0.3) is 0 Å². The van der Waals surface area contributed by atoms with E-state index in [0.717, 1.165) is 19.5 Å². The predicted molar refractivity (Wildman–Crippen MR) is 77.8 cm³/mol. The number of aliphatic hydroxyl groups excluding tert-OH is 1. The van der Waals surface area contributed by atoms with E-state index in [1.807, 2.05) is 0 Å². The lowest BCUT2D eigenvalue weighted by Crippen LogP contribution is -2.45. The lowest BCUT2D eigenvalue weighted by molar-refractivity contribution is 0.105. The third-order valence-corrected chi connectivity index (χ3v) is 3.78. The van der Waals surface area contributed by atoms with Gasteiger partial charge < -0.3 is 15.3 Å². The summed E-state index contributed by atoms with van der Waals surface area (Å²) in [4.78, 5) is 2.59. The summed E-state index contributed by atoms with van der Waals surface area (Å²) >= 11 is 0. The highest BCUT2D eigenvalue weighted by Crippen LogP contribution is 2.23. The fourth-order valence-corrected chi connectivity index (χ4v) is 2.85. The van der Waals surface area contributed by atoms with Gasteiger partial charge in [-0.3, -0.25) is 0 Å². The molecule has 1 atom stereocenters. The Hall–Kier alpha value is -0.120. The Morgan fingerprint density at radius 2 is 2.11 bits per heavy atom. The molecule has 1 heterocycles. The largest absolute Gasteiger partial charge is 0.396 e. The van der Waals surface area contributed by atoms with Crippen LogP contribution in [0.2, 0.25) is 0 Å². The summed E-state index contributed by atoms with van der Waals surface area (Å²) in [6.45, 7) is 14.1. The van der Waals surface area contributed by atoms with Gasteiger partial charge in [-0.2, -0.15) is 0 Å². The van der Waals surface area contributed by atoms with E-state index in [0.29, 0.717) is 24.0 Å². The zero-order valence-electron chi connectivity index (χ0n) is 12.7. The fourth-order valence-electron chi connectivity index (χ4n) is 2.85. The van der Waals surface area contributed by atoms with Gasteiger partial charge >= 0.3 is 0 Å². The maximum Gasteiger partial charge on any atom is 0.0434 e. The maximum absolute atomic E-state index is 9.05. The standard InChI is InChI=1S/C15H32N2O/c1-13(2)16-11-15(3,4)12-17-8-5-6-14(10-17)7-9-18/h13-14,16,18H,5-12H2,1-4H3. The van der Waals surface area contributed by atoms with Crippen LogP contribution >= 0.6 is 0 Å². The van der Waals surface area contributed by atoms with E-state index in [1.165, 1.54) is 25.9 Å². The molecule has 1 fully saturated rings. The molecule has 108 valence electrons. The van der Waals surface area contributed by atoms with Gasteiger partial charge in [0.05, 0.1) is 0 Å². The van der Waals surface area contributed by atoms with Crippen LogP contribution in [0.4, 0.5) is 0 Å². The van der Waals surface area contributed by atoms with Crippen molar-refractivity contribution in [2.24, 2.45) is 11.3 Å². The van der Waals surface area contributed by atoms with Crippen LogP contribution in [0.5, 0.6) is 0 Å². The molecule has 1 aliphatic rings. The third kappa shape index (κ3) is 6.17. The third-order valence-electron chi connectivity index (χ3n) is 3.78. The summed E-state index contributed by atoms with van der Waals surface area (Å²) in [6.07, 6.45) is 3.56. The Labute approximate surface area is 113 Å². The number of hydrogen-bond acceptors (Lipinski definition) is 3. The molecule has 1 unspecified atom stereocenters. The van der Waals surface area contributed by atoms with Gasteiger partial charge in [-0.05, 0) is 37.1 Å². The van der Waals surface area contributed by atoms with E-state index < -0.39 is 0 Å². The summed E-state index contributed by atoms with van der Waals surface area (Å²) < 4.78 is 0. The number of nitrogens with zero attached hydrogens (tertiary/aromatic N) is 1. The molecule has 0 aromatic rings. The van der Waals surface area contributed by atoms with Crippen LogP contribution in [0, 0.1) is 11.3 Å². The minimum atomic E-state index is 0.325. The summed E-state index contributed by atoms with van der Waals surface area (Å²) in [5.41, 5.74) is 0.325. The SMILES string of the molecule is CC(C)NCC(C)(C)CN1CCCC(CCO)C1. The molecule has 1 aliphatic heterocycles. The number of aliphatic hydroxyl groups is 1. The lowest BCUT2D eigenvalue weighted by atomic mass is 9.89. The topological polar surface area (TPSA) is 35.5 Å². The summed E-state index contributed by atoms with van der Waals surface area (Å²) in [5, 5.41) is 12.6. The van der Waals surface area contributed by atoms with Gasteiger partial charge in [0, 0.05) is 32.3 Å². The van der Waals surface area contributed by atoms with E-state index in [9.17, 15) is 0 Å². The molecule has 0 amide bonds. The number of likely N-dealkylation sites (tertiary alicyclic amines) is 1. The van der Waals surface area contributed by atoms with Gasteiger partial charge in [0.2, 0.25) is 0 Å². The molecule has 0 aromatic heterocycles. The Morgan fingerprint density at radius 3 is 2.72 bits per heavy atom. The molecule has 0 spiro atoms. The van der Waals surface area contributed by atoms with Crippen molar-refractivity contribution in [3.05, 3.63) is 0 Å². The van der Waals surface area contributed by atoms with Crippen LogP contribution in [0.15, 0.2) is 0 Å². The minimum absolute atomic E-state index is 0.325. The highest BCUT2D eigenvalue weighted by molar-refractivity contribution is 4.81. The van der Waals surface area contributed by atoms with Crippen molar-refractivity contribution in [2.45, 2.75) is 53.0 Å². The molecule has 1 saturated heterocycles. The Balaban J connectivity index is 2.35. The molecule has 3 heteroatoms. The smallest absolute Gasteiger partial charge is 0.0434 e. The average molecular weight is 256 g/mol. The van der Waals surface area contributed by atoms with Crippen molar-refractivity contribution < 1.29 is 5.11 Å². The summed E-state index contributed by atoms with van der Waals surface area (Å²) in [5.74, 6) is 0.706. The van der Waals surface area contributed by atoms with Crippen LogP contribution < -0.4 is 5.32 Å². The second kappa shape index (κ2) is 7.46. The molecule has 18 heavy (non-hydrogen) atoms. The van der Waals surface area contributed by atoms with Crippen LogP contribution in [-0.4, -0.2) is 48.8 Å². The minimum Gasteiger partial charge on any atom is -0.396 e. The monoisotopic (exact) mass is 256 g/mol. The van der Waals surface area contributed by atoms with Crippen molar-refractivity contribution >= 4 is 0 Å². The van der Waals surface area contributed by atoms with Gasteiger partial charge in [0.25, 0.3) is 0 Å². The van der Waals surface area contributed by atoms with Crippen molar-refractivity contribution in [1.82, 2.24) is 10.2 Å². The molecule has 0 aromatic carbocycles. The summed E-state index contributed by atoms with van der Waals surface area (Å²) in [7, 11) is 0. The Bertz CT molecular complexity index is 227. The predicted octanol–water partition coefficient (Wildman–Crippen LogP) is 2.10. The first-order chi connectivity index (χ1) is 8.43. The van der Waals surface area contributed by atoms with Crippen molar-refractivity contribution in [1.29, 1.82) is 0 Å². The Morgan fingerprint density at radius 1 is 1.39 bits per heavy atom. The molecule has 0 bridgehead atoms. The van der Waals surface area contributed by atoms with Gasteiger partial charge in [-0.25, -0.2) is 0 Å². The van der Waals surface area contributed by atoms with Gasteiger partial charge in [-0.15, -0.1) is 0 Å². The number of piperidine rings is 1. The molecular formula is C15H32N2O. The average Bonchev–Trinajstić information content (AvgIpc) is 2.27. The maximum atomic E-state index is 9.05. The van der Waals surface area contributed by atoms with Gasteiger partial charge in [0.1, 0.15) is 0 Å². The van der Waals surface area contributed by atoms with Crippen LogP contribution in [0.3, 0.4) is 0 Å². The van der Waals surface area contributed by atoms with E-state index in [4.69, 9.17) is 5.11 Å². The van der Waals surface area contributed by atoms with Crippen molar-refractivity contribution in [2.75, 3.05) is 32.8 Å². The normalized spacial score (nSPS) is 22.7. The van der Waals surface area contributed by atoms with E-state index >= 15 is 0 Å². The number of nitrogens with one attached hydrogen (secondary N) is 1. The molecule has 1 rings (SSSR count). The first-order valence-electron chi connectivity index (χ1n) is 7.49. The fraction of sp³-hybridized carbons (Fsp3) is 1.00. The zero-order chi connectivity index (χ0) is 13.6. The zero-order valence-corrected chi connectivity index (χ0v) is 12.7. The van der Waals surface area contributed by atoms with Gasteiger partial charge in [-0.1, -0.05) is 27.7 Å². The number of hydrogen-bond donors (Lipinski definition) is 2. The van der Waals surface area contributed by atoms with E-state index in [2.05, 4.69) is 37.9 Å². The first kappa shape index (κ1) is 15.9. The van der Waals surface area contributed by atoms with E-state index in [-0.39, 0.29) is 0 Å². The molecule has 3 nitrogen and oxygen atoms in total. The lowest BCUT2D eigenvalue weighted by Gasteiger charge is -2.38. The first-order valence-corrected chi connectivity index (χ1v) is 7.49. The second-order valence-corrected chi connectivity index (χ2v) is 6.96. The van der Waals surface area contributed by atoms with Crippen LogP contribution in [-0.2, 0) is 0 Å². The second-order valence-electron chi connectivity index (χ2n) is 6.96. The van der Waals surface area contributed by atoms with Gasteiger partial charge in [0.15, 0.2) is 0 Å².